The second kappa shape index (κ2) is 5.46. The van der Waals surface area contributed by atoms with Crippen molar-refractivity contribution in [3.05, 3.63) is 16.1 Å². The zero-order chi connectivity index (χ0) is 12.3. The summed E-state index contributed by atoms with van der Waals surface area (Å²) >= 11 is 1.82. The van der Waals surface area contributed by atoms with Gasteiger partial charge in [-0.05, 0) is 39.8 Å². The number of hydrogen-bond acceptors (Lipinski definition) is 4. The summed E-state index contributed by atoms with van der Waals surface area (Å²) in [5, 5.41) is 4.85. The Bertz CT molecular complexity index is 363. The largest absolute Gasteiger partial charge is 0.310 e. The molecule has 1 aromatic heterocycles. The van der Waals surface area contributed by atoms with Crippen LogP contribution in [0.3, 0.4) is 0 Å². The van der Waals surface area contributed by atoms with Gasteiger partial charge in [-0.3, -0.25) is 4.90 Å². The molecule has 1 aliphatic rings. The fourth-order valence-corrected chi connectivity index (χ4v) is 3.23. The first-order valence-electron chi connectivity index (χ1n) is 6.50. The van der Waals surface area contributed by atoms with Crippen LogP contribution in [-0.4, -0.2) is 35.1 Å². The highest BCUT2D eigenvalue weighted by molar-refractivity contribution is 7.11. The molecule has 1 aromatic rings. The lowest BCUT2D eigenvalue weighted by atomic mass is 9.98. The Morgan fingerprint density at radius 3 is 3.06 bits per heavy atom. The molecule has 4 heteroatoms. The van der Waals surface area contributed by atoms with Crippen LogP contribution in [0.2, 0.25) is 0 Å². The van der Waals surface area contributed by atoms with E-state index in [4.69, 9.17) is 0 Å². The van der Waals surface area contributed by atoms with Crippen molar-refractivity contribution < 1.29 is 0 Å². The number of aromatic nitrogens is 1. The summed E-state index contributed by atoms with van der Waals surface area (Å²) in [4.78, 5) is 8.30. The summed E-state index contributed by atoms with van der Waals surface area (Å²) in [5.41, 5.74) is 0.274. The summed E-state index contributed by atoms with van der Waals surface area (Å²) in [5.74, 6) is 0. The van der Waals surface area contributed by atoms with E-state index in [1.54, 1.807) is 0 Å². The van der Waals surface area contributed by atoms with Crippen LogP contribution in [-0.2, 0) is 6.54 Å². The van der Waals surface area contributed by atoms with Crippen molar-refractivity contribution in [2.24, 2.45) is 0 Å². The van der Waals surface area contributed by atoms with Gasteiger partial charge < -0.3 is 5.32 Å². The second-order valence-corrected chi connectivity index (χ2v) is 6.57. The Morgan fingerprint density at radius 1 is 1.59 bits per heavy atom. The highest BCUT2D eigenvalue weighted by atomic mass is 32.1. The van der Waals surface area contributed by atoms with Gasteiger partial charge >= 0.3 is 0 Å². The van der Waals surface area contributed by atoms with E-state index in [9.17, 15) is 0 Å². The maximum Gasteiger partial charge on any atom is 0.0897 e. The Morgan fingerprint density at radius 2 is 2.41 bits per heavy atom. The van der Waals surface area contributed by atoms with E-state index in [2.05, 4.69) is 36.0 Å². The van der Waals surface area contributed by atoms with E-state index in [0.717, 1.165) is 19.6 Å². The lowest BCUT2D eigenvalue weighted by Crippen LogP contribution is -2.48. The van der Waals surface area contributed by atoms with Gasteiger partial charge in [0.15, 0.2) is 0 Å². The average Bonchev–Trinajstić information content (AvgIpc) is 2.59. The van der Waals surface area contributed by atoms with Gasteiger partial charge in [-0.1, -0.05) is 6.92 Å². The van der Waals surface area contributed by atoms with Gasteiger partial charge in [0.2, 0.25) is 0 Å². The van der Waals surface area contributed by atoms with Crippen molar-refractivity contribution in [2.45, 2.75) is 45.7 Å². The third kappa shape index (κ3) is 3.50. The van der Waals surface area contributed by atoms with Gasteiger partial charge in [0.1, 0.15) is 0 Å². The zero-order valence-electron chi connectivity index (χ0n) is 11.1. The van der Waals surface area contributed by atoms with Crippen molar-refractivity contribution in [3.63, 3.8) is 0 Å². The van der Waals surface area contributed by atoms with Crippen molar-refractivity contribution >= 4 is 11.3 Å². The Kier molecular flexibility index (Phi) is 4.17. The first-order chi connectivity index (χ1) is 8.11. The molecule has 0 aliphatic carbocycles. The summed E-state index contributed by atoms with van der Waals surface area (Å²) in [6.07, 6.45) is 4.46. The molecule has 0 saturated carbocycles. The van der Waals surface area contributed by atoms with E-state index in [1.807, 2.05) is 17.5 Å². The molecular weight excluding hydrogens is 230 g/mol. The second-order valence-electron chi connectivity index (χ2n) is 5.25. The molecule has 3 nitrogen and oxygen atoms in total. The molecule has 96 valence electrons. The first-order valence-corrected chi connectivity index (χ1v) is 7.32. The van der Waals surface area contributed by atoms with E-state index in [0.29, 0.717) is 0 Å². The van der Waals surface area contributed by atoms with Crippen LogP contribution in [0, 0.1) is 6.92 Å². The molecule has 2 rings (SSSR count). The minimum Gasteiger partial charge on any atom is -0.310 e. The number of nitrogens with zero attached hydrogens (tertiary/aromatic N) is 2. The standard InChI is InChI=1S/C13H23N3S/c1-4-13(3)10-16(7-5-6-15-13)9-12-8-14-11(2)17-12/h8,15H,4-7,9-10H2,1-3H3. The molecule has 0 bridgehead atoms. The molecular formula is C13H23N3S. The molecule has 1 saturated heterocycles. The van der Waals surface area contributed by atoms with Crippen LogP contribution in [0.5, 0.6) is 0 Å². The molecule has 1 atom stereocenters. The van der Waals surface area contributed by atoms with E-state index >= 15 is 0 Å². The van der Waals surface area contributed by atoms with Gasteiger partial charge in [0.05, 0.1) is 5.01 Å². The minimum absolute atomic E-state index is 0.274. The van der Waals surface area contributed by atoms with Crippen LogP contribution in [0.25, 0.3) is 0 Å². The van der Waals surface area contributed by atoms with E-state index < -0.39 is 0 Å². The predicted octanol–water partition coefficient (Wildman–Crippen LogP) is 2.42. The van der Waals surface area contributed by atoms with Crippen molar-refractivity contribution in [3.8, 4) is 0 Å². The van der Waals surface area contributed by atoms with Gasteiger partial charge in [-0.2, -0.15) is 0 Å². The van der Waals surface area contributed by atoms with Crippen molar-refractivity contribution in [1.29, 1.82) is 0 Å². The molecule has 17 heavy (non-hydrogen) atoms. The van der Waals surface area contributed by atoms with E-state index in [1.165, 1.54) is 29.3 Å². The number of thiazole rings is 1. The smallest absolute Gasteiger partial charge is 0.0897 e. The maximum absolute atomic E-state index is 4.34. The van der Waals surface area contributed by atoms with Crippen LogP contribution < -0.4 is 5.32 Å². The van der Waals surface area contributed by atoms with Gasteiger partial charge in [-0.25, -0.2) is 4.98 Å². The number of hydrogen-bond donors (Lipinski definition) is 1. The lowest BCUT2D eigenvalue weighted by Gasteiger charge is -2.32. The molecule has 2 heterocycles. The highest BCUT2D eigenvalue weighted by Crippen LogP contribution is 2.19. The molecule has 0 amide bonds. The third-order valence-corrected chi connectivity index (χ3v) is 4.50. The molecule has 1 N–H and O–H groups in total. The molecule has 0 spiro atoms. The summed E-state index contributed by atoms with van der Waals surface area (Å²) in [6.45, 7) is 11.2. The molecule has 0 radical (unpaired) electrons. The summed E-state index contributed by atoms with van der Waals surface area (Å²) < 4.78 is 0. The quantitative estimate of drug-likeness (QED) is 0.896. The van der Waals surface area contributed by atoms with Crippen LogP contribution >= 0.6 is 11.3 Å². The first kappa shape index (κ1) is 13.0. The SMILES string of the molecule is CCC1(C)CN(Cc2cnc(C)s2)CCCN1. The maximum atomic E-state index is 4.34. The Balaban J connectivity index is 1.99. The number of nitrogens with one attached hydrogen (secondary N) is 1. The van der Waals surface area contributed by atoms with Gasteiger partial charge in [-0.15, -0.1) is 11.3 Å². The monoisotopic (exact) mass is 253 g/mol. The summed E-state index contributed by atoms with van der Waals surface area (Å²) in [7, 11) is 0. The number of aryl methyl sites for hydroxylation is 1. The van der Waals surface area contributed by atoms with Crippen molar-refractivity contribution in [1.82, 2.24) is 15.2 Å². The Labute approximate surface area is 108 Å². The summed E-state index contributed by atoms with van der Waals surface area (Å²) in [6, 6.07) is 0. The fourth-order valence-electron chi connectivity index (χ4n) is 2.39. The van der Waals surface area contributed by atoms with Crippen LogP contribution in [0.1, 0.15) is 36.6 Å². The number of rotatable bonds is 3. The lowest BCUT2D eigenvalue weighted by molar-refractivity contribution is 0.210. The average molecular weight is 253 g/mol. The predicted molar refractivity (Wildman–Crippen MR) is 73.4 cm³/mol. The van der Waals surface area contributed by atoms with Crippen LogP contribution in [0.15, 0.2) is 6.20 Å². The van der Waals surface area contributed by atoms with Crippen LogP contribution in [0.4, 0.5) is 0 Å². The van der Waals surface area contributed by atoms with Gasteiger partial charge in [0.25, 0.3) is 0 Å². The normalized spacial score (nSPS) is 27.0. The van der Waals surface area contributed by atoms with E-state index in [-0.39, 0.29) is 5.54 Å². The van der Waals surface area contributed by atoms with Gasteiger partial charge in [0, 0.05) is 29.7 Å². The minimum atomic E-state index is 0.274. The third-order valence-electron chi connectivity index (χ3n) is 3.60. The molecule has 1 fully saturated rings. The zero-order valence-corrected chi connectivity index (χ0v) is 11.9. The topological polar surface area (TPSA) is 28.2 Å². The molecule has 0 aromatic carbocycles. The molecule has 1 aliphatic heterocycles. The van der Waals surface area contributed by atoms with Crippen molar-refractivity contribution in [2.75, 3.05) is 19.6 Å². The highest BCUT2D eigenvalue weighted by Gasteiger charge is 2.27. The fraction of sp³-hybridized carbons (Fsp3) is 0.769. The Hall–Kier alpha value is -0.450. The molecule has 1 unspecified atom stereocenters.